The number of likely N-dealkylation sites (N-methyl/N-ethyl adjacent to an activating group) is 1. The largest absolute Gasteiger partial charge is 0.472 e. The lowest BCUT2D eigenvalue weighted by Crippen LogP contribution is -2.45. The lowest BCUT2D eigenvalue weighted by atomic mass is 10.0. The molecule has 0 aromatic heterocycles. The molecular weight excluding hydrogens is 852 g/mol. The first-order valence-corrected chi connectivity index (χ1v) is 31.1. The van der Waals surface area contributed by atoms with E-state index in [1.807, 2.05) is 27.2 Å². The zero-order valence-electron chi connectivity index (χ0n) is 45.7. The van der Waals surface area contributed by atoms with Gasteiger partial charge in [-0.2, -0.15) is 0 Å². The van der Waals surface area contributed by atoms with Crippen molar-refractivity contribution < 1.29 is 32.9 Å². The zero-order valence-corrected chi connectivity index (χ0v) is 46.6. The highest BCUT2D eigenvalue weighted by atomic mass is 31.2. The van der Waals surface area contributed by atoms with E-state index in [0.29, 0.717) is 17.4 Å². The van der Waals surface area contributed by atoms with E-state index in [2.05, 4.69) is 19.2 Å². The number of hydrogen-bond donors (Lipinski definition) is 3. The molecule has 8 nitrogen and oxygen atoms in total. The lowest BCUT2D eigenvalue weighted by molar-refractivity contribution is -0.870. The van der Waals surface area contributed by atoms with Crippen molar-refractivity contribution >= 4 is 13.7 Å². The average molecular weight is 971 g/mol. The Bertz CT molecular complexity index is 1100. The molecule has 0 aromatic carbocycles. The number of rotatable bonds is 55. The number of nitrogens with zero attached hydrogens (tertiary/aromatic N) is 1. The van der Waals surface area contributed by atoms with Crippen molar-refractivity contribution in [1.82, 2.24) is 5.32 Å². The summed E-state index contributed by atoms with van der Waals surface area (Å²) in [5.41, 5.74) is 0. The third kappa shape index (κ3) is 52.9. The highest BCUT2D eigenvalue weighted by Crippen LogP contribution is 2.43. The van der Waals surface area contributed by atoms with Crippen LogP contribution in [0.4, 0.5) is 0 Å². The fraction of sp³-hybridized carbons (Fsp3) is 0.948. The minimum absolute atomic E-state index is 0.0643. The number of quaternary nitrogens is 1. The summed E-state index contributed by atoms with van der Waals surface area (Å²) in [6, 6.07) is -0.839. The number of amides is 1. The van der Waals surface area contributed by atoms with Crippen molar-refractivity contribution in [3.8, 4) is 0 Å². The van der Waals surface area contributed by atoms with E-state index in [9.17, 15) is 19.4 Å². The number of phosphoric ester groups is 1. The Morgan fingerprint density at radius 1 is 0.493 bits per heavy atom. The molecule has 0 fully saturated rings. The number of phosphoric acid groups is 1. The van der Waals surface area contributed by atoms with Crippen molar-refractivity contribution in [2.75, 3.05) is 40.9 Å². The third-order valence-electron chi connectivity index (χ3n) is 13.8. The molecule has 0 saturated heterocycles. The molecule has 0 radical (unpaired) electrons. The van der Waals surface area contributed by atoms with Crippen molar-refractivity contribution in [2.24, 2.45) is 0 Å². The van der Waals surface area contributed by atoms with Crippen LogP contribution in [-0.4, -0.2) is 73.4 Å². The van der Waals surface area contributed by atoms with Crippen molar-refractivity contribution in [3.05, 3.63) is 12.2 Å². The second-order valence-corrected chi connectivity index (χ2v) is 23.2. The Hall–Kier alpha value is -0.760. The molecule has 0 heterocycles. The van der Waals surface area contributed by atoms with Crippen molar-refractivity contribution in [2.45, 2.75) is 315 Å². The first-order chi connectivity index (χ1) is 32.5. The summed E-state index contributed by atoms with van der Waals surface area (Å²) < 4.78 is 23.5. The predicted octanol–water partition coefficient (Wildman–Crippen LogP) is 17.8. The maximum atomic E-state index is 12.9. The molecule has 0 aliphatic carbocycles. The summed E-state index contributed by atoms with van der Waals surface area (Å²) >= 11 is 0. The van der Waals surface area contributed by atoms with Gasteiger partial charge in [-0.1, -0.05) is 289 Å². The predicted molar refractivity (Wildman–Crippen MR) is 291 cm³/mol. The smallest absolute Gasteiger partial charge is 0.387 e. The Balaban J connectivity index is 3.75. The number of aliphatic hydroxyl groups is 1. The van der Waals surface area contributed by atoms with Gasteiger partial charge in [-0.15, -0.1) is 0 Å². The molecule has 3 atom stereocenters. The molecule has 0 spiro atoms. The summed E-state index contributed by atoms with van der Waals surface area (Å²) in [4.78, 5) is 23.1. The minimum atomic E-state index is -4.33. The molecule has 1 amide bonds. The van der Waals surface area contributed by atoms with Crippen LogP contribution in [0.2, 0.25) is 0 Å². The SMILES string of the molecule is CCCCCCCC/C=C/C(O)C(COP(=O)(O)OCC[N+](C)(C)C)NC(=O)CCCCCCCCCCCCCCCCCCCCCCCCCCCCCCCCCCCCCCC. The van der Waals surface area contributed by atoms with Crippen LogP contribution < -0.4 is 5.32 Å². The second kappa shape index (κ2) is 50.2. The first-order valence-electron chi connectivity index (χ1n) is 29.6. The van der Waals surface area contributed by atoms with Gasteiger partial charge in [-0.3, -0.25) is 13.8 Å². The Kier molecular flexibility index (Phi) is 49.6. The van der Waals surface area contributed by atoms with Crippen LogP contribution in [0.1, 0.15) is 303 Å². The molecule has 9 heteroatoms. The standard InChI is InChI=1S/C58H117N2O6P/c1-6-8-10-12-14-16-17-18-19-20-21-22-23-24-25-26-27-28-29-30-31-32-33-34-35-36-37-38-39-40-41-42-43-44-46-48-50-52-58(62)59-56(55-66-67(63,64)65-54-53-60(3,4)5)57(61)51-49-47-45-15-13-11-9-7-2/h49,51,56-57,61H,6-48,50,52-55H2,1-5H3,(H-,59,62,63,64)/p+1/b51-49+. The zero-order chi connectivity index (χ0) is 49.2. The van der Waals surface area contributed by atoms with Gasteiger partial charge in [0.1, 0.15) is 13.2 Å². The van der Waals surface area contributed by atoms with E-state index in [-0.39, 0.29) is 19.1 Å². The Labute approximate surface area is 418 Å². The van der Waals surface area contributed by atoms with Crippen molar-refractivity contribution in [1.29, 1.82) is 0 Å². The molecule has 400 valence electrons. The fourth-order valence-corrected chi connectivity index (χ4v) is 9.84. The van der Waals surface area contributed by atoms with E-state index >= 15 is 0 Å². The van der Waals surface area contributed by atoms with Gasteiger partial charge in [0.25, 0.3) is 0 Å². The number of carbonyl (C=O) groups is 1. The van der Waals surface area contributed by atoms with Gasteiger partial charge in [-0.25, -0.2) is 4.57 Å². The molecule has 0 aromatic rings. The Morgan fingerprint density at radius 2 is 0.791 bits per heavy atom. The second-order valence-electron chi connectivity index (χ2n) is 21.7. The quantitative estimate of drug-likeness (QED) is 0.0243. The number of hydrogen-bond acceptors (Lipinski definition) is 5. The summed E-state index contributed by atoms with van der Waals surface area (Å²) in [6.07, 6.45) is 62.3. The van der Waals surface area contributed by atoms with Gasteiger partial charge in [0.2, 0.25) is 5.91 Å². The van der Waals surface area contributed by atoms with E-state index in [4.69, 9.17) is 9.05 Å². The highest BCUT2D eigenvalue weighted by molar-refractivity contribution is 7.47. The molecule has 3 N–H and O–H groups in total. The van der Waals surface area contributed by atoms with Gasteiger partial charge < -0.3 is 19.8 Å². The number of aliphatic hydroxyl groups excluding tert-OH is 1. The van der Waals surface area contributed by atoms with Gasteiger partial charge >= 0.3 is 7.82 Å². The van der Waals surface area contributed by atoms with Crippen LogP contribution in [0.5, 0.6) is 0 Å². The lowest BCUT2D eigenvalue weighted by Gasteiger charge is -2.25. The monoisotopic (exact) mass is 970 g/mol. The van der Waals surface area contributed by atoms with Crippen LogP contribution in [0.25, 0.3) is 0 Å². The van der Waals surface area contributed by atoms with E-state index in [1.54, 1.807) is 6.08 Å². The average Bonchev–Trinajstić information content (AvgIpc) is 3.29. The molecule has 0 saturated carbocycles. The van der Waals surface area contributed by atoms with E-state index in [1.165, 1.54) is 244 Å². The molecule has 0 aliphatic rings. The summed E-state index contributed by atoms with van der Waals surface area (Å²) in [5.74, 6) is -0.174. The van der Waals surface area contributed by atoms with Gasteiger partial charge in [0.05, 0.1) is 39.9 Å². The van der Waals surface area contributed by atoms with Crippen LogP contribution in [0.3, 0.4) is 0 Å². The fourth-order valence-electron chi connectivity index (χ4n) is 9.10. The minimum Gasteiger partial charge on any atom is -0.387 e. The third-order valence-corrected chi connectivity index (χ3v) is 14.7. The van der Waals surface area contributed by atoms with Gasteiger partial charge in [-0.05, 0) is 19.3 Å². The van der Waals surface area contributed by atoms with Crippen LogP contribution in [0, 0.1) is 0 Å². The molecule has 67 heavy (non-hydrogen) atoms. The molecular formula is C58H118N2O6P+. The highest BCUT2D eigenvalue weighted by Gasteiger charge is 2.27. The van der Waals surface area contributed by atoms with E-state index < -0.39 is 20.0 Å². The van der Waals surface area contributed by atoms with Crippen LogP contribution >= 0.6 is 7.82 Å². The molecule has 0 rings (SSSR count). The Morgan fingerprint density at radius 3 is 1.10 bits per heavy atom. The van der Waals surface area contributed by atoms with Gasteiger partial charge in [0.15, 0.2) is 0 Å². The number of nitrogens with one attached hydrogen (secondary N) is 1. The number of carbonyl (C=O) groups excluding carboxylic acids is 1. The molecule has 0 aliphatic heterocycles. The maximum absolute atomic E-state index is 12.9. The van der Waals surface area contributed by atoms with Crippen LogP contribution in [-0.2, 0) is 18.4 Å². The maximum Gasteiger partial charge on any atom is 0.472 e. The normalized spacial score (nSPS) is 14.0. The summed E-state index contributed by atoms with van der Waals surface area (Å²) in [6.45, 7) is 4.80. The topological polar surface area (TPSA) is 105 Å². The number of allylic oxidation sites excluding steroid dienone is 1. The molecule has 3 unspecified atom stereocenters. The first kappa shape index (κ1) is 66.2. The number of unbranched alkanes of at least 4 members (excludes halogenated alkanes) is 42. The van der Waals surface area contributed by atoms with Gasteiger partial charge in [0, 0.05) is 6.42 Å². The molecule has 0 bridgehead atoms. The summed E-state index contributed by atoms with van der Waals surface area (Å²) in [5, 5.41) is 13.8. The van der Waals surface area contributed by atoms with Crippen LogP contribution in [0.15, 0.2) is 12.2 Å². The van der Waals surface area contributed by atoms with E-state index in [0.717, 1.165) is 38.5 Å². The summed E-state index contributed by atoms with van der Waals surface area (Å²) in [7, 11) is 1.58. The van der Waals surface area contributed by atoms with Crippen molar-refractivity contribution in [3.63, 3.8) is 0 Å².